The van der Waals surface area contributed by atoms with E-state index >= 15 is 0 Å². The highest BCUT2D eigenvalue weighted by atomic mass is 14.8. The van der Waals surface area contributed by atoms with Crippen LogP contribution in [0.15, 0.2) is 23.9 Å². The van der Waals surface area contributed by atoms with E-state index in [2.05, 4.69) is 5.32 Å². The fourth-order valence-electron chi connectivity index (χ4n) is 0.537. The van der Waals surface area contributed by atoms with E-state index in [9.17, 15) is 0 Å². The molecule has 0 atom stereocenters. The molecule has 0 radical (unpaired) electrons. The van der Waals surface area contributed by atoms with E-state index < -0.39 is 0 Å². The third kappa shape index (κ3) is 0.881. The van der Waals surface area contributed by atoms with E-state index in [4.69, 9.17) is 5.26 Å². The van der Waals surface area contributed by atoms with E-state index in [0.717, 1.165) is 12.1 Å². The van der Waals surface area contributed by atoms with Gasteiger partial charge in [-0.05, 0) is 18.4 Å². The first-order valence-corrected chi connectivity index (χ1v) is 2.43. The molecule has 2 heteroatoms. The van der Waals surface area contributed by atoms with Gasteiger partial charge in [0.1, 0.15) is 0 Å². The molecule has 0 spiro atoms. The van der Waals surface area contributed by atoms with Crippen LogP contribution in [-0.4, -0.2) is 6.54 Å². The van der Waals surface area contributed by atoms with Crippen molar-refractivity contribution in [3.05, 3.63) is 23.9 Å². The molecule has 1 N–H and O–H groups in total. The van der Waals surface area contributed by atoms with Gasteiger partial charge in [-0.25, -0.2) is 0 Å². The molecule has 40 valence electrons. The summed E-state index contributed by atoms with van der Waals surface area (Å²) in [5, 5.41) is 11.2. The summed E-state index contributed by atoms with van der Waals surface area (Å²) in [6.07, 6.45) is 5.38. The summed E-state index contributed by atoms with van der Waals surface area (Å²) >= 11 is 0. The molecule has 1 rings (SSSR count). The highest BCUT2D eigenvalue weighted by Crippen LogP contribution is 1.95. The van der Waals surface area contributed by atoms with Crippen molar-refractivity contribution in [1.29, 1.82) is 5.26 Å². The molecule has 2 nitrogen and oxygen atoms in total. The fraction of sp³-hybridized carbons (Fsp3) is 0.167. The minimum atomic E-state index is 0.740. The molecule has 0 fully saturated rings. The highest BCUT2D eigenvalue weighted by molar-refractivity contribution is 5.34. The Morgan fingerprint density at radius 1 is 1.75 bits per heavy atom. The average Bonchev–Trinajstić information content (AvgIpc) is 1.90. The van der Waals surface area contributed by atoms with E-state index in [1.165, 1.54) is 0 Å². The van der Waals surface area contributed by atoms with Crippen LogP contribution < -0.4 is 5.32 Å². The van der Waals surface area contributed by atoms with Crippen molar-refractivity contribution < 1.29 is 0 Å². The monoisotopic (exact) mass is 106 g/mol. The van der Waals surface area contributed by atoms with E-state index in [0.29, 0.717) is 0 Å². The number of nitrogens with one attached hydrogen (secondary N) is 1. The maximum Gasteiger partial charge on any atom is 0.0989 e. The Kier molecular flexibility index (Phi) is 1.34. The second kappa shape index (κ2) is 2.17. The van der Waals surface area contributed by atoms with Crippen molar-refractivity contribution in [2.24, 2.45) is 0 Å². The van der Waals surface area contributed by atoms with E-state index in [-0.39, 0.29) is 0 Å². The molecular weight excluding hydrogens is 100 g/mol. The Balaban J connectivity index is 2.68. The zero-order valence-corrected chi connectivity index (χ0v) is 4.39. The number of hydrogen-bond donors (Lipinski definition) is 1. The third-order valence-electron chi connectivity index (χ3n) is 0.950. The number of hydrogen-bond acceptors (Lipinski definition) is 2. The van der Waals surface area contributed by atoms with Crippen LogP contribution in [0.25, 0.3) is 0 Å². The van der Waals surface area contributed by atoms with Crippen molar-refractivity contribution in [2.45, 2.75) is 0 Å². The predicted molar refractivity (Wildman–Crippen MR) is 30.8 cm³/mol. The second-order valence-corrected chi connectivity index (χ2v) is 1.51. The van der Waals surface area contributed by atoms with Crippen LogP contribution in [0.5, 0.6) is 0 Å². The van der Waals surface area contributed by atoms with Gasteiger partial charge in [0.2, 0.25) is 0 Å². The van der Waals surface area contributed by atoms with Crippen molar-refractivity contribution in [1.82, 2.24) is 5.32 Å². The lowest BCUT2D eigenvalue weighted by Gasteiger charge is -1.98. The van der Waals surface area contributed by atoms with E-state index in [1.807, 2.05) is 12.1 Å². The zero-order valence-electron chi connectivity index (χ0n) is 4.39. The molecule has 1 aliphatic rings. The summed E-state index contributed by atoms with van der Waals surface area (Å²) < 4.78 is 0. The Morgan fingerprint density at radius 3 is 3.00 bits per heavy atom. The molecule has 0 aromatic carbocycles. The first kappa shape index (κ1) is 4.92. The quantitative estimate of drug-likeness (QED) is 0.489. The molecule has 8 heavy (non-hydrogen) atoms. The third-order valence-corrected chi connectivity index (χ3v) is 0.950. The van der Waals surface area contributed by atoms with Gasteiger partial charge in [0.25, 0.3) is 0 Å². The van der Waals surface area contributed by atoms with Gasteiger partial charge in [0, 0.05) is 6.54 Å². The fourth-order valence-corrected chi connectivity index (χ4v) is 0.537. The van der Waals surface area contributed by atoms with Gasteiger partial charge in [-0.3, -0.25) is 0 Å². The smallest absolute Gasteiger partial charge is 0.0989 e. The lowest BCUT2D eigenvalue weighted by Crippen LogP contribution is -2.07. The molecular formula is C6H6N2. The minimum absolute atomic E-state index is 0.740. The topological polar surface area (TPSA) is 35.8 Å². The van der Waals surface area contributed by atoms with Crippen LogP contribution in [0, 0.1) is 11.3 Å². The zero-order chi connectivity index (χ0) is 5.82. The SMILES string of the molecule is N#CC1=CCNC=C1. The number of rotatable bonds is 0. The summed E-state index contributed by atoms with van der Waals surface area (Å²) in [4.78, 5) is 0. The summed E-state index contributed by atoms with van der Waals surface area (Å²) in [5.74, 6) is 0. The van der Waals surface area contributed by atoms with Gasteiger partial charge in [0.05, 0.1) is 11.6 Å². The average molecular weight is 106 g/mol. The van der Waals surface area contributed by atoms with E-state index in [1.54, 1.807) is 12.3 Å². The molecule has 0 bridgehead atoms. The Hall–Kier alpha value is -1.23. The number of nitrogens with zero attached hydrogens (tertiary/aromatic N) is 1. The number of dihydropyridines is 1. The lowest BCUT2D eigenvalue weighted by molar-refractivity contribution is 0.965. The lowest BCUT2D eigenvalue weighted by atomic mass is 10.2. The molecule has 0 unspecified atom stereocenters. The summed E-state index contributed by atoms with van der Waals surface area (Å²) in [5.41, 5.74) is 0.740. The Bertz CT molecular complexity index is 171. The first-order chi connectivity index (χ1) is 3.93. The summed E-state index contributed by atoms with van der Waals surface area (Å²) in [6.45, 7) is 0.777. The van der Waals surface area contributed by atoms with Gasteiger partial charge >= 0.3 is 0 Å². The van der Waals surface area contributed by atoms with Crippen LogP contribution in [0.3, 0.4) is 0 Å². The molecule has 0 aliphatic carbocycles. The number of nitriles is 1. The van der Waals surface area contributed by atoms with Gasteiger partial charge in [-0.2, -0.15) is 5.26 Å². The van der Waals surface area contributed by atoms with Crippen LogP contribution in [0.4, 0.5) is 0 Å². The molecule has 1 heterocycles. The summed E-state index contributed by atoms with van der Waals surface area (Å²) in [6, 6.07) is 2.04. The van der Waals surface area contributed by atoms with Gasteiger partial charge < -0.3 is 5.32 Å². The van der Waals surface area contributed by atoms with Gasteiger partial charge in [-0.1, -0.05) is 0 Å². The molecule has 0 aromatic heterocycles. The minimum Gasteiger partial charge on any atom is -0.387 e. The molecule has 1 aliphatic heterocycles. The Morgan fingerprint density at radius 2 is 2.62 bits per heavy atom. The highest BCUT2D eigenvalue weighted by Gasteiger charge is 1.90. The Labute approximate surface area is 48.1 Å². The molecule has 0 saturated heterocycles. The van der Waals surface area contributed by atoms with Crippen molar-refractivity contribution in [2.75, 3.05) is 6.54 Å². The van der Waals surface area contributed by atoms with Crippen LogP contribution in [0.2, 0.25) is 0 Å². The predicted octanol–water partition coefficient (Wildman–Crippen LogP) is 0.553. The standard InChI is InChI=1S/C6H6N2/c7-5-6-1-3-8-4-2-6/h1-3,8H,4H2. The maximum atomic E-state index is 8.29. The number of allylic oxidation sites excluding steroid dienone is 2. The largest absolute Gasteiger partial charge is 0.387 e. The maximum absolute atomic E-state index is 8.29. The van der Waals surface area contributed by atoms with Crippen LogP contribution >= 0.6 is 0 Å². The van der Waals surface area contributed by atoms with Crippen molar-refractivity contribution in [3.8, 4) is 6.07 Å². The van der Waals surface area contributed by atoms with Crippen LogP contribution in [-0.2, 0) is 0 Å². The summed E-state index contributed by atoms with van der Waals surface area (Å²) in [7, 11) is 0. The van der Waals surface area contributed by atoms with Gasteiger partial charge in [-0.15, -0.1) is 0 Å². The first-order valence-electron chi connectivity index (χ1n) is 2.43. The van der Waals surface area contributed by atoms with Crippen LogP contribution in [0.1, 0.15) is 0 Å². The normalized spacial score (nSPS) is 16.1. The molecule has 0 amide bonds. The molecule has 0 aromatic rings. The molecule has 0 saturated carbocycles. The van der Waals surface area contributed by atoms with Crippen molar-refractivity contribution >= 4 is 0 Å². The van der Waals surface area contributed by atoms with Crippen molar-refractivity contribution in [3.63, 3.8) is 0 Å². The van der Waals surface area contributed by atoms with Gasteiger partial charge in [0.15, 0.2) is 0 Å². The second-order valence-electron chi connectivity index (χ2n) is 1.51.